The van der Waals surface area contributed by atoms with E-state index in [2.05, 4.69) is 11.4 Å². The Balaban J connectivity index is 2.06. The Labute approximate surface area is 99.0 Å². The van der Waals surface area contributed by atoms with Crippen molar-refractivity contribution in [1.29, 1.82) is 5.26 Å². The quantitative estimate of drug-likeness (QED) is 0.875. The van der Waals surface area contributed by atoms with E-state index in [9.17, 15) is 4.39 Å². The van der Waals surface area contributed by atoms with Gasteiger partial charge in [-0.1, -0.05) is 17.7 Å². The summed E-state index contributed by atoms with van der Waals surface area (Å²) in [5.74, 6) is 0.209. The van der Waals surface area contributed by atoms with Gasteiger partial charge in [0, 0.05) is 0 Å². The molecule has 0 heterocycles. The number of nitrogens with zero attached hydrogens (tertiary/aromatic N) is 1. The topological polar surface area (TPSA) is 35.8 Å². The maximum Gasteiger partial charge on any atom is 0.142 e. The molecule has 0 bridgehead atoms. The zero-order valence-corrected chi connectivity index (χ0v) is 9.47. The highest BCUT2D eigenvalue weighted by molar-refractivity contribution is 6.30. The van der Waals surface area contributed by atoms with Crippen molar-refractivity contribution in [2.45, 2.75) is 18.9 Å². The fourth-order valence-corrected chi connectivity index (χ4v) is 1.65. The molecule has 1 aliphatic rings. The Bertz CT molecular complexity index is 424. The van der Waals surface area contributed by atoms with Crippen LogP contribution >= 0.6 is 11.6 Å². The van der Waals surface area contributed by atoms with Crippen molar-refractivity contribution in [2.24, 2.45) is 5.92 Å². The number of benzene rings is 1. The van der Waals surface area contributed by atoms with Crippen LogP contribution in [-0.2, 0) is 0 Å². The van der Waals surface area contributed by atoms with Gasteiger partial charge in [0.2, 0.25) is 0 Å². The Morgan fingerprint density at radius 2 is 2.31 bits per heavy atom. The van der Waals surface area contributed by atoms with Crippen molar-refractivity contribution in [2.75, 3.05) is 6.54 Å². The van der Waals surface area contributed by atoms with Crippen LogP contribution in [0.3, 0.4) is 0 Å². The molecule has 2 nitrogen and oxygen atoms in total. The molecule has 1 aliphatic carbocycles. The normalized spacial score (nSPS) is 16.8. The standard InChI is InChI=1S/C12H12ClFN2/c13-10-4-3-9(5-11(10)14)12(6-15)16-7-8-1-2-8/h3-5,8,12,16H,1-2,7H2. The minimum absolute atomic E-state index is 0.0858. The van der Waals surface area contributed by atoms with E-state index in [1.165, 1.54) is 25.0 Å². The molecule has 1 aromatic carbocycles. The molecule has 0 spiro atoms. The average molecular weight is 239 g/mol. The van der Waals surface area contributed by atoms with E-state index in [1.807, 2.05) is 0 Å². The van der Waals surface area contributed by atoms with Crippen molar-refractivity contribution in [3.05, 3.63) is 34.6 Å². The van der Waals surface area contributed by atoms with Crippen molar-refractivity contribution < 1.29 is 4.39 Å². The van der Waals surface area contributed by atoms with Crippen LogP contribution in [0.1, 0.15) is 24.4 Å². The second kappa shape index (κ2) is 4.82. The third kappa shape index (κ3) is 2.72. The Kier molecular flexibility index (Phi) is 3.42. The molecule has 1 fully saturated rings. The van der Waals surface area contributed by atoms with E-state index in [-0.39, 0.29) is 5.02 Å². The fraction of sp³-hybridized carbons (Fsp3) is 0.417. The van der Waals surface area contributed by atoms with Gasteiger partial charge in [0.1, 0.15) is 11.9 Å². The SMILES string of the molecule is N#CC(NCC1CC1)c1ccc(Cl)c(F)c1. The Hall–Kier alpha value is -1.11. The number of nitriles is 1. The van der Waals surface area contributed by atoms with Crippen LogP contribution < -0.4 is 5.32 Å². The van der Waals surface area contributed by atoms with Gasteiger partial charge in [0.25, 0.3) is 0 Å². The fourth-order valence-electron chi connectivity index (χ4n) is 1.54. The van der Waals surface area contributed by atoms with Crippen molar-refractivity contribution in [3.8, 4) is 6.07 Å². The lowest BCUT2D eigenvalue weighted by molar-refractivity contribution is 0.583. The third-order valence-corrected chi connectivity index (χ3v) is 3.02. The first-order chi connectivity index (χ1) is 7.70. The van der Waals surface area contributed by atoms with Crippen LogP contribution in [0, 0.1) is 23.1 Å². The molecule has 0 saturated heterocycles. The lowest BCUT2D eigenvalue weighted by Crippen LogP contribution is -2.22. The van der Waals surface area contributed by atoms with Crippen LogP contribution in [0.2, 0.25) is 5.02 Å². The second-order valence-electron chi connectivity index (χ2n) is 4.09. The van der Waals surface area contributed by atoms with Crippen molar-refractivity contribution >= 4 is 11.6 Å². The van der Waals surface area contributed by atoms with Gasteiger partial charge in [0.15, 0.2) is 0 Å². The Morgan fingerprint density at radius 3 is 2.88 bits per heavy atom. The van der Waals surface area contributed by atoms with Crippen LogP contribution in [-0.4, -0.2) is 6.54 Å². The highest BCUT2D eigenvalue weighted by atomic mass is 35.5. The van der Waals surface area contributed by atoms with E-state index in [0.717, 1.165) is 6.54 Å². The predicted molar refractivity (Wildman–Crippen MR) is 60.5 cm³/mol. The minimum Gasteiger partial charge on any atom is -0.298 e. The van der Waals surface area contributed by atoms with Crippen LogP contribution in [0.25, 0.3) is 0 Å². The summed E-state index contributed by atoms with van der Waals surface area (Å²) in [6.45, 7) is 0.822. The third-order valence-electron chi connectivity index (χ3n) is 2.71. The average Bonchev–Trinajstić information content (AvgIpc) is 3.08. The van der Waals surface area contributed by atoms with Gasteiger partial charge in [0.05, 0.1) is 11.1 Å². The van der Waals surface area contributed by atoms with Gasteiger partial charge in [-0.05, 0) is 43.0 Å². The number of rotatable bonds is 4. The monoisotopic (exact) mass is 238 g/mol. The molecule has 4 heteroatoms. The zero-order chi connectivity index (χ0) is 11.5. The summed E-state index contributed by atoms with van der Waals surface area (Å²) in [6, 6.07) is 6.15. The van der Waals surface area contributed by atoms with E-state index in [0.29, 0.717) is 11.5 Å². The lowest BCUT2D eigenvalue weighted by atomic mass is 10.1. The van der Waals surface area contributed by atoms with Crippen LogP contribution in [0.15, 0.2) is 18.2 Å². The minimum atomic E-state index is -0.479. The molecule has 0 aromatic heterocycles. The van der Waals surface area contributed by atoms with E-state index in [4.69, 9.17) is 16.9 Å². The summed E-state index contributed by atoms with van der Waals surface area (Å²) >= 11 is 5.59. The second-order valence-corrected chi connectivity index (χ2v) is 4.49. The van der Waals surface area contributed by atoms with E-state index >= 15 is 0 Å². The van der Waals surface area contributed by atoms with Gasteiger partial charge < -0.3 is 0 Å². The zero-order valence-electron chi connectivity index (χ0n) is 8.71. The number of hydrogen-bond acceptors (Lipinski definition) is 2. The van der Waals surface area contributed by atoms with Gasteiger partial charge >= 0.3 is 0 Å². The van der Waals surface area contributed by atoms with Crippen LogP contribution in [0.5, 0.6) is 0 Å². The molecule has 1 atom stereocenters. The summed E-state index contributed by atoms with van der Waals surface area (Å²) < 4.78 is 13.2. The molecule has 16 heavy (non-hydrogen) atoms. The van der Waals surface area contributed by atoms with E-state index in [1.54, 1.807) is 6.07 Å². The maximum absolute atomic E-state index is 13.2. The summed E-state index contributed by atoms with van der Waals surface area (Å²) in [6.07, 6.45) is 2.44. The van der Waals surface area contributed by atoms with Gasteiger partial charge in [-0.3, -0.25) is 5.32 Å². The molecule has 0 radical (unpaired) electrons. The summed E-state index contributed by atoms with van der Waals surface area (Å²) in [5, 5.41) is 12.2. The summed E-state index contributed by atoms with van der Waals surface area (Å²) in [5.41, 5.74) is 0.630. The first kappa shape index (κ1) is 11.4. The Morgan fingerprint density at radius 1 is 1.56 bits per heavy atom. The molecule has 84 valence electrons. The number of hydrogen-bond donors (Lipinski definition) is 1. The molecule has 1 N–H and O–H groups in total. The molecule has 0 aliphatic heterocycles. The first-order valence-electron chi connectivity index (χ1n) is 5.28. The largest absolute Gasteiger partial charge is 0.298 e. The van der Waals surface area contributed by atoms with Crippen molar-refractivity contribution in [3.63, 3.8) is 0 Å². The van der Waals surface area contributed by atoms with E-state index < -0.39 is 11.9 Å². The van der Waals surface area contributed by atoms with Gasteiger partial charge in [-0.15, -0.1) is 0 Å². The lowest BCUT2D eigenvalue weighted by Gasteiger charge is -2.11. The molecular formula is C12H12ClFN2. The highest BCUT2D eigenvalue weighted by Crippen LogP contribution is 2.28. The van der Waals surface area contributed by atoms with Crippen molar-refractivity contribution in [1.82, 2.24) is 5.32 Å². The van der Waals surface area contributed by atoms with Gasteiger partial charge in [-0.25, -0.2) is 4.39 Å². The summed E-state index contributed by atoms with van der Waals surface area (Å²) in [4.78, 5) is 0. The molecule has 2 rings (SSSR count). The smallest absolute Gasteiger partial charge is 0.142 e. The molecule has 1 unspecified atom stereocenters. The van der Waals surface area contributed by atoms with Crippen LogP contribution in [0.4, 0.5) is 4.39 Å². The predicted octanol–water partition coefficient (Wildman–Crippen LogP) is 3.04. The number of halogens is 2. The molecular weight excluding hydrogens is 227 g/mol. The van der Waals surface area contributed by atoms with Gasteiger partial charge in [-0.2, -0.15) is 5.26 Å². The molecule has 1 saturated carbocycles. The highest BCUT2D eigenvalue weighted by Gasteiger charge is 2.22. The molecule has 1 aromatic rings. The maximum atomic E-state index is 13.2. The molecule has 0 amide bonds. The number of nitrogens with one attached hydrogen (secondary N) is 1. The first-order valence-corrected chi connectivity index (χ1v) is 5.66. The summed E-state index contributed by atoms with van der Waals surface area (Å²) in [7, 11) is 0.